The predicted molar refractivity (Wildman–Crippen MR) is 168 cm³/mol. The van der Waals surface area contributed by atoms with Crippen LogP contribution >= 0.6 is 0 Å². The minimum atomic E-state index is -1.46. The monoisotopic (exact) mass is 622 g/mol. The molecule has 8 nitrogen and oxygen atoms in total. The van der Waals surface area contributed by atoms with Crippen LogP contribution in [0.2, 0.25) is 0 Å². The molecule has 5 aliphatic rings. The van der Waals surface area contributed by atoms with Crippen LogP contribution in [0.1, 0.15) is 113 Å². The van der Waals surface area contributed by atoms with Gasteiger partial charge >= 0.3 is 0 Å². The van der Waals surface area contributed by atoms with Gasteiger partial charge in [0.15, 0.2) is 6.29 Å². The van der Waals surface area contributed by atoms with Gasteiger partial charge in [-0.1, -0.05) is 46.3 Å². The molecular formula is C36H62O8. The van der Waals surface area contributed by atoms with Crippen molar-refractivity contribution >= 4 is 0 Å². The maximum absolute atomic E-state index is 12.0. The van der Waals surface area contributed by atoms with Crippen LogP contribution in [-0.2, 0) is 9.47 Å². The molecule has 4 saturated carbocycles. The summed E-state index contributed by atoms with van der Waals surface area (Å²) in [6.07, 6.45) is 3.15. The molecule has 254 valence electrons. The fourth-order valence-electron chi connectivity index (χ4n) is 11.9. The van der Waals surface area contributed by atoms with Gasteiger partial charge in [0.25, 0.3) is 0 Å². The Morgan fingerprint density at radius 2 is 1.55 bits per heavy atom. The van der Waals surface area contributed by atoms with Crippen LogP contribution in [0.3, 0.4) is 0 Å². The van der Waals surface area contributed by atoms with Crippen molar-refractivity contribution in [3.8, 4) is 0 Å². The summed E-state index contributed by atoms with van der Waals surface area (Å²) in [6, 6.07) is 0. The van der Waals surface area contributed by atoms with Crippen LogP contribution in [-0.4, -0.2) is 85.8 Å². The number of aliphatic hydroxyl groups is 6. The lowest BCUT2D eigenvalue weighted by Crippen LogP contribution is -2.67. The molecule has 15 atom stereocenters. The van der Waals surface area contributed by atoms with Gasteiger partial charge in [0, 0.05) is 0 Å². The van der Waals surface area contributed by atoms with Crippen molar-refractivity contribution < 1.29 is 40.1 Å². The number of hydrogen-bond donors (Lipinski definition) is 6. The molecule has 0 amide bonds. The third-order valence-electron chi connectivity index (χ3n) is 14.5. The normalized spacial score (nSPS) is 51.5. The minimum absolute atomic E-state index is 0.0231. The Balaban J connectivity index is 1.37. The molecule has 0 spiro atoms. The Hall–Kier alpha value is -0.580. The standard InChI is InChI=1S/C36H62O8/c1-20(2)10-9-14-36(8,42)21-11-16-35(7)27(21)22(38)18-25-33(5)15-13-26(32(3,4)24(33)12-17-34(25,35)6)44-31-30(41)29(40)28(39)23(19-37)43-31/h10,21-31,37-42H,9,11-19H2,1-8H3/t21-,22+,23?,24-,25+,26-,27-,28+,29+,30?,31-,33-,34+,35+,36-/m0/s1. The zero-order valence-corrected chi connectivity index (χ0v) is 28.5. The van der Waals surface area contributed by atoms with Gasteiger partial charge in [-0.05, 0) is 124 Å². The fourth-order valence-corrected chi connectivity index (χ4v) is 11.9. The number of hydrogen-bond acceptors (Lipinski definition) is 8. The van der Waals surface area contributed by atoms with Crippen LogP contribution in [0.25, 0.3) is 0 Å². The number of fused-ring (bicyclic) bond motifs is 5. The van der Waals surface area contributed by atoms with Gasteiger partial charge in [0.05, 0.1) is 24.4 Å². The molecule has 2 unspecified atom stereocenters. The Morgan fingerprint density at radius 1 is 0.886 bits per heavy atom. The van der Waals surface area contributed by atoms with E-state index >= 15 is 0 Å². The van der Waals surface area contributed by atoms with Gasteiger partial charge in [0.2, 0.25) is 0 Å². The van der Waals surface area contributed by atoms with E-state index in [2.05, 4.69) is 54.5 Å². The van der Waals surface area contributed by atoms with E-state index in [4.69, 9.17) is 9.47 Å². The van der Waals surface area contributed by atoms with Crippen LogP contribution in [0.4, 0.5) is 0 Å². The molecule has 0 radical (unpaired) electrons. The van der Waals surface area contributed by atoms with E-state index in [1.54, 1.807) is 0 Å². The van der Waals surface area contributed by atoms with Gasteiger partial charge in [-0.3, -0.25) is 0 Å². The number of rotatable bonds is 7. The second kappa shape index (κ2) is 11.8. The van der Waals surface area contributed by atoms with Gasteiger partial charge in [0.1, 0.15) is 24.4 Å². The summed E-state index contributed by atoms with van der Waals surface area (Å²) in [5.74, 6) is 0.792. The van der Waals surface area contributed by atoms with E-state index in [0.717, 1.165) is 51.4 Å². The second-order valence-corrected chi connectivity index (χ2v) is 17.3. The average Bonchev–Trinajstić information content (AvgIpc) is 3.32. The van der Waals surface area contributed by atoms with Crippen molar-refractivity contribution in [1.29, 1.82) is 0 Å². The Kier molecular flexibility index (Phi) is 9.35. The molecule has 4 aliphatic carbocycles. The summed E-state index contributed by atoms with van der Waals surface area (Å²) < 4.78 is 12.2. The van der Waals surface area contributed by atoms with Crippen molar-refractivity contribution in [2.45, 2.75) is 162 Å². The Bertz CT molecular complexity index is 1070. The average molecular weight is 623 g/mol. The molecule has 0 bridgehead atoms. The van der Waals surface area contributed by atoms with Crippen molar-refractivity contribution in [2.75, 3.05) is 6.61 Å². The molecule has 0 aromatic heterocycles. The van der Waals surface area contributed by atoms with Crippen LogP contribution in [0.5, 0.6) is 0 Å². The maximum atomic E-state index is 12.0. The number of aliphatic hydroxyl groups excluding tert-OH is 5. The first-order chi connectivity index (χ1) is 20.3. The molecule has 1 saturated heterocycles. The van der Waals surface area contributed by atoms with E-state index in [1.807, 2.05) is 6.92 Å². The highest BCUT2D eigenvalue weighted by Gasteiger charge is 2.71. The lowest BCUT2D eigenvalue weighted by Gasteiger charge is -2.70. The summed E-state index contributed by atoms with van der Waals surface area (Å²) in [5, 5.41) is 64.8. The minimum Gasteiger partial charge on any atom is -0.394 e. The van der Waals surface area contributed by atoms with E-state index in [1.165, 1.54) is 5.57 Å². The third-order valence-corrected chi connectivity index (χ3v) is 14.5. The smallest absolute Gasteiger partial charge is 0.186 e. The van der Waals surface area contributed by atoms with Crippen molar-refractivity contribution in [3.63, 3.8) is 0 Å². The van der Waals surface area contributed by atoms with E-state index < -0.39 is 49.0 Å². The highest BCUT2D eigenvalue weighted by atomic mass is 16.7. The SMILES string of the molecule is CC(C)=CCC[C@](C)(O)[C@H]1CC[C@]2(C)[C@@H]1[C@H](O)C[C@@H]1[C@@]3(C)CC[C@H](O[C@@H]4OC(CO)[C@@H](O)[C@@H](O)C4O)C(C)(C)[C@@H]3CC[C@]12C. The summed E-state index contributed by atoms with van der Waals surface area (Å²) in [7, 11) is 0. The Labute approximate surface area is 265 Å². The predicted octanol–water partition coefficient (Wildman–Crippen LogP) is 4.32. The van der Waals surface area contributed by atoms with E-state index in [9.17, 15) is 30.6 Å². The first-order valence-electron chi connectivity index (χ1n) is 17.3. The highest BCUT2D eigenvalue weighted by molar-refractivity contribution is 5.20. The highest BCUT2D eigenvalue weighted by Crippen LogP contribution is 2.76. The molecule has 0 aromatic rings. The maximum Gasteiger partial charge on any atom is 0.186 e. The zero-order valence-electron chi connectivity index (χ0n) is 28.5. The first kappa shape index (κ1) is 34.7. The summed E-state index contributed by atoms with van der Waals surface area (Å²) in [5.41, 5.74) is 0.122. The molecule has 0 aromatic carbocycles. The molecule has 44 heavy (non-hydrogen) atoms. The molecule has 1 aliphatic heterocycles. The van der Waals surface area contributed by atoms with Crippen molar-refractivity contribution in [1.82, 2.24) is 0 Å². The fraction of sp³-hybridized carbons (Fsp3) is 0.944. The summed E-state index contributed by atoms with van der Waals surface area (Å²) >= 11 is 0. The molecule has 6 N–H and O–H groups in total. The lowest BCUT2D eigenvalue weighted by atomic mass is 9.35. The largest absolute Gasteiger partial charge is 0.394 e. The van der Waals surface area contributed by atoms with Crippen LogP contribution in [0, 0.1) is 45.3 Å². The second-order valence-electron chi connectivity index (χ2n) is 17.3. The number of allylic oxidation sites excluding steroid dienone is 2. The van der Waals surface area contributed by atoms with Crippen LogP contribution in [0.15, 0.2) is 11.6 Å². The molecule has 1 heterocycles. The summed E-state index contributed by atoms with van der Waals surface area (Å²) in [6.45, 7) is 17.5. The summed E-state index contributed by atoms with van der Waals surface area (Å²) in [4.78, 5) is 0. The van der Waals surface area contributed by atoms with Gasteiger partial charge < -0.3 is 40.1 Å². The number of ether oxygens (including phenoxy) is 2. The zero-order chi connectivity index (χ0) is 32.6. The van der Waals surface area contributed by atoms with Gasteiger partial charge in [-0.25, -0.2) is 0 Å². The topological polar surface area (TPSA) is 140 Å². The van der Waals surface area contributed by atoms with Crippen molar-refractivity contribution in [3.05, 3.63) is 11.6 Å². The first-order valence-corrected chi connectivity index (χ1v) is 17.3. The molecule has 8 heteroatoms. The van der Waals surface area contributed by atoms with Gasteiger partial charge in [-0.2, -0.15) is 0 Å². The molecule has 5 rings (SSSR count). The van der Waals surface area contributed by atoms with Gasteiger partial charge in [-0.15, -0.1) is 0 Å². The van der Waals surface area contributed by atoms with Crippen molar-refractivity contribution in [2.24, 2.45) is 45.3 Å². The van der Waals surface area contributed by atoms with E-state index in [0.29, 0.717) is 18.3 Å². The quantitative estimate of drug-likeness (QED) is 0.182. The third kappa shape index (κ3) is 5.26. The molecular weight excluding hydrogens is 560 g/mol. The molecule has 5 fully saturated rings. The van der Waals surface area contributed by atoms with Crippen LogP contribution < -0.4 is 0 Å². The Morgan fingerprint density at radius 3 is 2.18 bits per heavy atom. The lowest BCUT2D eigenvalue weighted by molar-refractivity contribution is -0.332. The van der Waals surface area contributed by atoms with E-state index in [-0.39, 0.29) is 39.6 Å².